The van der Waals surface area contributed by atoms with E-state index < -0.39 is 6.10 Å². The number of ether oxygens (including phenoxy) is 4. The maximum Gasteiger partial charge on any atom is 0.306 e. The minimum atomic E-state index is -0.454. The molecular weight excluding hydrogens is 479 g/mol. The Hall–Kier alpha value is -4.47. The van der Waals surface area contributed by atoms with Gasteiger partial charge in [0, 0.05) is 34.2 Å². The van der Waals surface area contributed by atoms with E-state index in [1.165, 1.54) is 13.2 Å². The van der Waals surface area contributed by atoms with Crippen molar-refractivity contribution in [3.05, 3.63) is 77.1 Å². The quantitative estimate of drug-likeness (QED) is 0.356. The molecule has 1 aromatic heterocycles. The Balaban J connectivity index is 1.19. The summed E-state index contributed by atoms with van der Waals surface area (Å²) in [6.07, 6.45) is 1.04. The Morgan fingerprint density at radius 1 is 1.14 bits per heavy atom. The number of carbonyl (C=O) groups is 1. The fourth-order valence-corrected chi connectivity index (χ4v) is 4.89. The van der Waals surface area contributed by atoms with Gasteiger partial charge < -0.3 is 18.9 Å². The van der Waals surface area contributed by atoms with Crippen molar-refractivity contribution in [2.45, 2.75) is 31.3 Å². The summed E-state index contributed by atoms with van der Waals surface area (Å²) in [6, 6.07) is 15.9. The van der Waals surface area contributed by atoms with E-state index in [2.05, 4.69) is 20.6 Å². The molecule has 10 heteroatoms. The molecule has 188 valence electrons. The number of esters is 1. The molecule has 0 radical (unpaired) electrons. The summed E-state index contributed by atoms with van der Waals surface area (Å²) >= 11 is 0. The van der Waals surface area contributed by atoms with Crippen LogP contribution in [0.25, 0.3) is 11.4 Å². The molecule has 1 N–H and O–H groups in total. The van der Waals surface area contributed by atoms with Gasteiger partial charge in [0.15, 0.2) is 5.82 Å². The highest BCUT2D eigenvalue weighted by atomic mass is 19.1. The average molecular weight is 503 g/mol. The Labute approximate surface area is 211 Å². The van der Waals surface area contributed by atoms with Gasteiger partial charge in [0.1, 0.15) is 34.9 Å². The molecular formula is C27H23FN4O5. The number of hydrogen-bond donors (Lipinski definition) is 1. The second-order valence-electron chi connectivity index (χ2n) is 8.95. The van der Waals surface area contributed by atoms with Crippen molar-refractivity contribution in [1.29, 1.82) is 0 Å². The Morgan fingerprint density at radius 2 is 1.97 bits per heavy atom. The van der Waals surface area contributed by atoms with Gasteiger partial charge in [0.2, 0.25) is 0 Å². The molecule has 9 nitrogen and oxygen atoms in total. The first-order valence-corrected chi connectivity index (χ1v) is 11.9. The molecule has 0 saturated heterocycles. The third kappa shape index (κ3) is 4.46. The standard InChI is InChI=1S/C27H23FN4O5/c1-34-25(33)12-16-14-35-24-13-18(6-7-19(16)24)37-23-10-8-20-22(11-9-21(28)26(20)23)36-17-4-2-15(3-5-17)27-29-31-32-30-27/h2-7,9,11,13,16,23H,8,10,12,14H2,1H3,(H,29,30,31,32)/t16-,23-/m1/s1. The Morgan fingerprint density at radius 3 is 2.76 bits per heavy atom. The number of nitrogens with one attached hydrogen (secondary N) is 1. The van der Waals surface area contributed by atoms with Crippen LogP contribution in [0.15, 0.2) is 54.6 Å². The molecule has 1 aliphatic heterocycles. The van der Waals surface area contributed by atoms with Crippen LogP contribution in [0.2, 0.25) is 0 Å². The molecule has 37 heavy (non-hydrogen) atoms. The number of hydrogen-bond acceptors (Lipinski definition) is 8. The van der Waals surface area contributed by atoms with Gasteiger partial charge in [-0.15, -0.1) is 5.10 Å². The lowest BCUT2D eigenvalue weighted by Crippen LogP contribution is -2.09. The molecule has 2 aliphatic rings. The minimum Gasteiger partial charge on any atom is -0.492 e. The van der Waals surface area contributed by atoms with E-state index in [1.807, 2.05) is 36.4 Å². The number of benzene rings is 3. The molecule has 0 fully saturated rings. The summed E-state index contributed by atoms with van der Waals surface area (Å²) in [5.41, 5.74) is 3.07. The van der Waals surface area contributed by atoms with E-state index in [0.717, 1.165) is 16.7 Å². The fourth-order valence-electron chi connectivity index (χ4n) is 4.89. The van der Waals surface area contributed by atoms with Gasteiger partial charge in [-0.25, -0.2) is 9.49 Å². The van der Waals surface area contributed by atoms with Gasteiger partial charge in [-0.3, -0.25) is 4.79 Å². The van der Waals surface area contributed by atoms with Crippen molar-refractivity contribution in [3.63, 3.8) is 0 Å². The number of tetrazole rings is 1. The highest BCUT2D eigenvalue weighted by molar-refractivity contribution is 5.71. The van der Waals surface area contributed by atoms with Crippen LogP contribution in [-0.2, 0) is 16.0 Å². The predicted octanol–water partition coefficient (Wildman–Crippen LogP) is 4.90. The van der Waals surface area contributed by atoms with Crippen molar-refractivity contribution >= 4 is 5.97 Å². The normalized spacial score (nSPS) is 17.6. The number of carbonyl (C=O) groups excluding carboxylic acids is 1. The third-order valence-electron chi connectivity index (χ3n) is 6.72. The maximum atomic E-state index is 15.0. The zero-order valence-corrected chi connectivity index (χ0v) is 19.9. The van der Waals surface area contributed by atoms with E-state index in [1.54, 1.807) is 12.1 Å². The van der Waals surface area contributed by atoms with Crippen molar-refractivity contribution in [1.82, 2.24) is 20.6 Å². The Bertz CT molecular complexity index is 1440. The number of methoxy groups -OCH3 is 1. The van der Waals surface area contributed by atoms with E-state index in [0.29, 0.717) is 53.8 Å². The molecule has 0 bridgehead atoms. The van der Waals surface area contributed by atoms with E-state index in [-0.39, 0.29) is 24.1 Å². The topological polar surface area (TPSA) is 108 Å². The second-order valence-corrected chi connectivity index (χ2v) is 8.95. The van der Waals surface area contributed by atoms with Crippen LogP contribution in [0.5, 0.6) is 23.0 Å². The molecule has 0 saturated carbocycles. The molecule has 4 aromatic rings. The first kappa shape index (κ1) is 23.0. The summed E-state index contributed by atoms with van der Waals surface area (Å²) in [5, 5.41) is 13.8. The van der Waals surface area contributed by atoms with Crippen LogP contribution >= 0.6 is 0 Å². The van der Waals surface area contributed by atoms with E-state index >= 15 is 0 Å². The SMILES string of the molecule is COC(=O)C[C@@H]1COc2cc(O[C@@H]3CCc4c(Oc5ccc(-c6nnn[nH]6)cc5)ccc(F)c43)ccc21. The second kappa shape index (κ2) is 9.53. The lowest BCUT2D eigenvalue weighted by Gasteiger charge is -2.17. The molecule has 6 rings (SSSR count). The summed E-state index contributed by atoms with van der Waals surface area (Å²) in [4.78, 5) is 11.7. The van der Waals surface area contributed by atoms with Crippen LogP contribution < -0.4 is 14.2 Å². The first-order valence-electron chi connectivity index (χ1n) is 11.9. The van der Waals surface area contributed by atoms with Crippen LogP contribution in [0.3, 0.4) is 0 Å². The largest absolute Gasteiger partial charge is 0.492 e. The molecule has 0 spiro atoms. The lowest BCUT2D eigenvalue weighted by atomic mass is 9.98. The highest BCUT2D eigenvalue weighted by Gasteiger charge is 2.32. The van der Waals surface area contributed by atoms with Crippen LogP contribution in [0, 0.1) is 5.82 Å². The van der Waals surface area contributed by atoms with Gasteiger partial charge in [-0.1, -0.05) is 6.07 Å². The molecule has 3 aromatic carbocycles. The van der Waals surface area contributed by atoms with Gasteiger partial charge in [0.05, 0.1) is 20.1 Å². The molecule has 2 atom stereocenters. The summed E-state index contributed by atoms with van der Waals surface area (Å²) < 4.78 is 37.9. The number of aromatic nitrogens is 4. The van der Waals surface area contributed by atoms with Crippen molar-refractivity contribution in [2.24, 2.45) is 0 Å². The highest BCUT2D eigenvalue weighted by Crippen LogP contribution is 2.44. The van der Waals surface area contributed by atoms with E-state index in [4.69, 9.17) is 18.9 Å². The first-order chi connectivity index (χ1) is 18.1. The predicted molar refractivity (Wildman–Crippen MR) is 129 cm³/mol. The number of rotatable bonds is 7. The summed E-state index contributed by atoms with van der Waals surface area (Å²) in [7, 11) is 1.37. The smallest absolute Gasteiger partial charge is 0.306 e. The summed E-state index contributed by atoms with van der Waals surface area (Å²) in [5.74, 6) is 2.37. The number of nitrogens with zero attached hydrogens (tertiary/aromatic N) is 3. The number of aromatic amines is 1. The fraction of sp³-hybridized carbons (Fsp3) is 0.259. The van der Waals surface area contributed by atoms with Crippen LogP contribution in [-0.4, -0.2) is 40.3 Å². The van der Waals surface area contributed by atoms with Gasteiger partial charge in [0.25, 0.3) is 0 Å². The minimum absolute atomic E-state index is 0.0534. The number of H-pyrrole nitrogens is 1. The number of fused-ring (bicyclic) bond motifs is 2. The number of halogens is 1. The van der Waals surface area contributed by atoms with Crippen LogP contribution in [0.4, 0.5) is 4.39 Å². The zero-order chi connectivity index (χ0) is 25.4. The average Bonchev–Trinajstić information content (AvgIpc) is 3.67. The maximum absolute atomic E-state index is 15.0. The molecule has 1 aliphatic carbocycles. The monoisotopic (exact) mass is 502 g/mol. The van der Waals surface area contributed by atoms with Crippen molar-refractivity contribution < 1.29 is 28.1 Å². The Kier molecular flexibility index (Phi) is 5.91. The lowest BCUT2D eigenvalue weighted by molar-refractivity contribution is -0.141. The van der Waals surface area contributed by atoms with Crippen LogP contribution in [0.1, 0.15) is 41.6 Å². The van der Waals surface area contributed by atoms with Gasteiger partial charge >= 0.3 is 5.97 Å². The zero-order valence-electron chi connectivity index (χ0n) is 19.9. The van der Waals surface area contributed by atoms with Crippen molar-refractivity contribution in [3.8, 4) is 34.4 Å². The third-order valence-corrected chi connectivity index (χ3v) is 6.72. The van der Waals surface area contributed by atoms with Gasteiger partial charge in [-0.2, -0.15) is 0 Å². The molecule has 0 amide bonds. The van der Waals surface area contributed by atoms with Crippen molar-refractivity contribution in [2.75, 3.05) is 13.7 Å². The molecule has 2 heterocycles. The van der Waals surface area contributed by atoms with Gasteiger partial charge in [-0.05, 0) is 65.7 Å². The molecule has 0 unspecified atom stereocenters. The summed E-state index contributed by atoms with van der Waals surface area (Å²) in [6.45, 7) is 0.408. The van der Waals surface area contributed by atoms with E-state index in [9.17, 15) is 9.18 Å².